The molecule has 24 heavy (non-hydrogen) atoms. The predicted octanol–water partition coefficient (Wildman–Crippen LogP) is 0.475. The first-order valence-electron chi connectivity index (χ1n) is 7.63. The molecule has 0 bridgehead atoms. The minimum Gasteiger partial charge on any atom is -0.508 e. The van der Waals surface area contributed by atoms with Gasteiger partial charge in [0.15, 0.2) is 0 Å². The average Bonchev–Trinajstić information content (AvgIpc) is 2.57. The largest absolute Gasteiger partial charge is 0.508 e. The number of hydrogen-bond acceptors (Lipinski definition) is 4. The van der Waals surface area contributed by atoms with Crippen molar-refractivity contribution >= 4 is 11.8 Å². The van der Waals surface area contributed by atoms with Crippen molar-refractivity contribution in [2.75, 3.05) is 0 Å². The number of nitrogens with one attached hydrogen (secondary N) is 1. The van der Waals surface area contributed by atoms with Crippen LogP contribution in [-0.4, -0.2) is 29.0 Å². The van der Waals surface area contributed by atoms with Gasteiger partial charge in [-0.1, -0.05) is 42.5 Å². The van der Waals surface area contributed by atoms with Gasteiger partial charge in [0.05, 0.1) is 6.04 Å². The Morgan fingerprint density at radius 3 is 2.12 bits per heavy atom. The summed E-state index contributed by atoms with van der Waals surface area (Å²) in [5.41, 5.74) is 13.0. The number of aromatic hydroxyl groups is 1. The molecule has 2 aromatic rings. The zero-order valence-corrected chi connectivity index (χ0v) is 13.2. The number of phenols is 1. The molecule has 2 aromatic carbocycles. The number of hydrogen-bond donors (Lipinski definition) is 4. The zero-order valence-electron chi connectivity index (χ0n) is 13.2. The summed E-state index contributed by atoms with van der Waals surface area (Å²) in [6.07, 6.45) is 0.608. The standard InChI is InChI=1S/C18H21N3O3/c19-15(10-13-6-8-14(22)9-7-13)18(24)21-16(17(20)23)11-12-4-2-1-3-5-12/h1-9,15-16,22H,10-11,19H2,(H2,20,23)(H,21,24). The normalized spacial score (nSPS) is 13.0. The topological polar surface area (TPSA) is 118 Å². The summed E-state index contributed by atoms with van der Waals surface area (Å²) in [6.45, 7) is 0. The van der Waals surface area contributed by atoms with Crippen LogP contribution >= 0.6 is 0 Å². The van der Waals surface area contributed by atoms with Crippen LogP contribution in [0.1, 0.15) is 11.1 Å². The van der Waals surface area contributed by atoms with E-state index >= 15 is 0 Å². The first-order chi connectivity index (χ1) is 11.5. The number of phenolic OH excluding ortho intramolecular Hbond substituents is 1. The Morgan fingerprint density at radius 2 is 1.54 bits per heavy atom. The fourth-order valence-corrected chi connectivity index (χ4v) is 2.33. The maximum absolute atomic E-state index is 12.2. The minimum atomic E-state index is -0.814. The lowest BCUT2D eigenvalue weighted by molar-refractivity contribution is -0.128. The van der Waals surface area contributed by atoms with Crippen molar-refractivity contribution in [3.05, 3.63) is 65.7 Å². The van der Waals surface area contributed by atoms with Crippen molar-refractivity contribution in [2.24, 2.45) is 11.5 Å². The lowest BCUT2D eigenvalue weighted by atomic mass is 10.0. The third-order valence-electron chi connectivity index (χ3n) is 3.67. The SMILES string of the molecule is NC(=O)C(Cc1ccccc1)NC(=O)C(N)Cc1ccc(O)cc1. The fourth-order valence-electron chi connectivity index (χ4n) is 2.33. The molecule has 6 heteroatoms. The van der Waals surface area contributed by atoms with Crippen molar-refractivity contribution in [1.29, 1.82) is 0 Å². The lowest BCUT2D eigenvalue weighted by Gasteiger charge is -2.19. The van der Waals surface area contributed by atoms with Gasteiger partial charge in [-0.15, -0.1) is 0 Å². The van der Waals surface area contributed by atoms with Crippen LogP contribution in [0.4, 0.5) is 0 Å². The Kier molecular flexibility index (Phi) is 5.92. The molecule has 0 fully saturated rings. The van der Waals surface area contributed by atoms with E-state index in [1.165, 1.54) is 12.1 Å². The van der Waals surface area contributed by atoms with Crippen molar-refractivity contribution in [1.82, 2.24) is 5.32 Å². The number of carbonyl (C=O) groups is 2. The number of nitrogens with two attached hydrogens (primary N) is 2. The molecular weight excluding hydrogens is 306 g/mol. The van der Waals surface area contributed by atoms with Crippen LogP contribution in [0.25, 0.3) is 0 Å². The molecule has 0 aliphatic rings. The second-order valence-corrected chi connectivity index (χ2v) is 5.63. The van der Waals surface area contributed by atoms with Gasteiger partial charge in [-0.2, -0.15) is 0 Å². The molecular formula is C18H21N3O3. The van der Waals surface area contributed by atoms with E-state index in [2.05, 4.69) is 5.32 Å². The van der Waals surface area contributed by atoms with Gasteiger partial charge in [0.25, 0.3) is 0 Å². The van der Waals surface area contributed by atoms with Crippen LogP contribution in [0.5, 0.6) is 5.75 Å². The smallest absolute Gasteiger partial charge is 0.240 e. The van der Waals surface area contributed by atoms with Crippen LogP contribution in [0.15, 0.2) is 54.6 Å². The Morgan fingerprint density at radius 1 is 0.958 bits per heavy atom. The van der Waals surface area contributed by atoms with Crippen molar-refractivity contribution in [3.8, 4) is 5.75 Å². The highest BCUT2D eigenvalue weighted by atomic mass is 16.3. The molecule has 6 nitrogen and oxygen atoms in total. The molecule has 0 aliphatic heterocycles. The van der Waals surface area contributed by atoms with Crippen LogP contribution in [0.3, 0.4) is 0 Å². The summed E-state index contributed by atoms with van der Waals surface area (Å²) in [4.78, 5) is 23.8. The summed E-state index contributed by atoms with van der Waals surface area (Å²) in [5.74, 6) is -0.903. The number of rotatable bonds is 7. The maximum atomic E-state index is 12.2. The molecule has 0 saturated heterocycles. The van der Waals surface area contributed by atoms with E-state index in [0.717, 1.165) is 11.1 Å². The van der Waals surface area contributed by atoms with E-state index in [9.17, 15) is 14.7 Å². The molecule has 0 saturated carbocycles. The quantitative estimate of drug-likeness (QED) is 0.591. The second kappa shape index (κ2) is 8.12. The first kappa shape index (κ1) is 17.5. The maximum Gasteiger partial charge on any atom is 0.240 e. The number of primary amides is 1. The van der Waals surface area contributed by atoms with Gasteiger partial charge in [0.1, 0.15) is 11.8 Å². The summed E-state index contributed by atoms with van der Waals surface area (Å²) in [5, 5.41) is 11.9. The minimum absolute atomic E-state index is 0.147. The molecule has 0 radical (unpaired) electrons. The van der Waals surface area contributed by atoms with Gasteiger partial charge in [0, 0.05) is 6.42 Å². The third kappa shape index (κ3) is 5.10. The van der Waals surface area contributed by atoms with Crippen LogP contribution in [-0.2, 0) is 22.4 Å². The number of amides is 2. The van der Waals surface area contributed by atoms with Gasteiger partial charge in [0.2, 0.25) is 11.8 Å². The highest BCUT2D eigenvalue weighted by molar-refractivity contribution is 5.89. The van der Waals surface area contributed by atoms with Gasteiger partial charge in [-0.3, -0.25) is 9.59 Å². The van der Waals surface area contributed by atoms with E-state index in [1.807, 2.05) is 30.3 Å². The average molecular weight is 327 g/mol. The Labute approximate surface area is 140 Å². The summed E-state index contributed by atoms with van der Waals surface area (Å²) in [6, 6.07) is 14.1. The molecule has 2 atom stereocenters. The summed E-state index contributed by atoms with van der Waals surface area (Å²) in [7, 11) is 0. The van der Waals surface area contributed by atoms with E-state index in [0.29, 0.717) is 12.8 Å². The molecule has 2 rings (SSSR count). The molecule has 2 amide bonds. The predicted molar refractivity (Wildman–Crippen MR) is 91.1 cm³/mol. The van der Waals surface area contributed by atoms with Crippen LogP contribution < -0.4 is 16.8 Å². The highest BCUT2D eigenvalue weighted by Gasteiger charge is 2.22. The van der Waals surface area contributed by atoms with Crippen molar-refractivity contribution in [2.45, 2.75) is 24.9 Å². The highest BCUT2D eigenvalue weighted by Crippen LogP contribution is 2.11. The monoisotopic (exact) mass is 327 g/mol. The van der Waals surface area contributed by atoms with Gasteiger partial charge >= 0.3 is 0 Å². The van der Waals surface area contributed by atoms with Gasteiger partial charge in [-0.25, -0.2) is 0 Å². The fraction of sp³-hybridized carbons (Fsp3) is 0.222. The summed E-state index contributed by atoms with van der Waals surface area (Å²) < 4.78 is 0. The van der Waals surface area contributed by atoms with E-state index < -0.39 is 23.9 Å². The van der Waals surface area contributed by atoms with E-state index in [-0.39, 0.29) is 5.75 Å². The number of carbonyl (C=O) groups excluding carboxylic acids is 2. The molecule has 126 valence electrons. The molecule has 0 spiro atoms. The molecule has 0 heterocycles. The summed E-state index contributed by atoms with van der Waals surface area (Å²) >= 11 is 0. The first-order valence-corrected chi connectivity index (χ1v) is 7.63. The van der Waals surface area contributed by atoms with Crippen molar-refractivity contribution < 1.29 is 14.7 Å². The van der Waals surface area contributed by atoms with Gasteiger partial charge in [-0.05, 0) is 29.7 Å². The third-order valence-corrected chi connectivity index (χ3v) is 3.67. The molecule has 2 unspecified atom stereocenters. The van der Waals surface area contributed by atoms with Crippen LogP contribution in [0.2, 0.25) is 0 Å². The Hall–Kier alpha value is -2.86. The second-order valence-electron chi connectivity index (χ2n) is 5.63. The van der Waals surface area contributed by atoms with Gasteiger partial charge < -0.3 is 21.9 Å². The zero-order chi connectivity index (χ0) is 17.5. The Bertz CT molecular complexity index is 686. The van der Waals surface area contributed by atoms with E-state index in [4.69, 9.17) is 11.5 Å². The molecule has 0 aromatic heterocycles. The lowest BCUT2D eigenvalue weighted by Crippen LogP contribution is -2.51. The number of benzene rings is 2. The van der Waals surface area contributed by atoms with Crippen LogP contribution in [0, 0.1) is 0 Å². The molecule has 0 aliphatic carbocycles. The molecule has 6 N–H and O–H groups in total. The van der Waals surface area contributed by atoms with E-state index in [1.54, 1.807) is 12.1 Å². The Balaban J connectivity index is 1.96. The van der Waals surface area contributed by atoms with Crippen molar-refractivity contribution in [3.63, 3.8) is 0 Å².